The molecule has 45 heavy (non-hydrogen) atoms. The van der Waals surface area contributed by atoms with Crippen molar-refractivity contribution < 1.29 is 4.39 Å². The fourth-order valence-electron chi connectivity index (χ4n) is 6.43. The Hall–Kier alpha value is -6.14. The van der Waals surface area contributed by atoms with Crippen LogP contribution in [0.3, 0.4) is 0 Å². The summed E-state index contributed by atoms with van der Waals surface area (Å²) in [6.45, 7) is 0. The first-order chi connectivity index (χ1) is 22.2. The summed E-state index contributed by atoms with van der Waals surface area (Å²) >= 11 is 0. The summed E-state index contributed by atoms with van der Waals surface area (Å²) in [7, 11) is 0. The van der Waals surface area contributed by atoms with Gasteiger partial charge in [-0.25, -0.2) is 9.37 Å². The van der Waals surface area contributed by atoms with Crippen molar-refractivity contribution in [1.82, 2.24) is 24.1 Å². The minimum absolute atomic E-state index is 0.308. The predicted octanol–water partition coefficient (Wildman–Crippen LogP) is 9.54. The number of hydrogen-bond donors (Lipinski definition) is 0. The molecular formula is C39H24FN5. The van der Waals surface area contributed by atoms with E-state index in [9.17, 15) is 4.39 Å². The molecule has 212 valence electrons. The highest BCUT2D eigenvalue weighted by atomic mass is 19.1. The Labute approximate surface area is 257 Å². The summed E-state index contributed by atoms with van der Waals surface area (Å²) in [6, 6.07) is 48.1. The van der Waals surface area contributed by atoms with E-state index in [0.29, 0.717) is 23.2 Å². The van der Waals surface area contributed by atoms with E-state index < -0.39 is 0 Å². The van der Waals surface area contributed by atoms with Gasteiger partial charge in [-0.2, -0.15) is 9.97 Å². The summed E-state index contributed by atoms with van der Waals surface area (Å²) in [5, 5.41) is 4.64. The Kier molecular flexibility index (Phi) is 5.62. The van der Waals surface area contributed by atoms with Gasteiger partial charge in [-0.05, 0) is 60.7 Å². The Morgan fingerprint density at radius 3 is 1.51 bits per heavy atom. The van der Waals surface area contributed by atoms with Crippen LogP contribution in [0.1, 0.15) is 0 Å². The van der Waals surface area contributed by atoms with Gasteiger partial charge in [0.25, 0.3) is 0 Å². The molecule has 9 rings (SSSR count). The molecule has 9 aromatic rings. The van der Waals surface area contributed by atoms with Crippen LogP contribution in [-0.4, -0.2) is 24.1 Å². The average Bonchev–Trinajstić information content (AvgIpc) is 3.61. The zero-order valence-electron chi connectivity index (χ0n) is 24.0. The first-order valence-electron chi connectivity index (χ1n) is 14.8. The lowest BCUT2D eigenvalue weighted by Gasteiger charge is -2.11. The summed E-state index contributed by atoms with van der Waals surface area (Å²) in [6.07, 6.45) is 0. The van der Waals surface area contributed by atoms with Crippen molar-refractivity contribution in [1.29, 1.82) is 0 Å². The second-order valence-corrected chi connectivity index (χ2v) is 11.1. The van der Waals surface area contributed by atoms with Gasteiger partial charge in [-0.1, -0.05) is 84.9 Å². The van der Waals surface area contributed by atoms with Gasteiger partial charge in [-0.15, -0.1) is 0 Å². The minimum atomic E-state index is -0.308. The molecule has 0 atom stereocenters. The van der Waals surface area contributed by atoms with Gasteiger partial charge in [-0.3, -0.25) is 4.57 Å². The van der Waals surface area contributed by atoms with Gasteiger partial charge in [0.1, 0.15) is 5.82 Å². The molecule has 0 spiro atoms. The SMILES string of the molecule is Fc1ccc(-c2nc(-c3ccccc3)nc(-n3c4ccccc4c4cc(-n5c6ccccc6c6ccccc65)ccc43)n2)cc1. The number of para-hydroxylation sites is 3. The van der Waals surface area contributed by atoms with E-state index >= 15 is 0 Å². The second-order valence-electron chi connectivity index (χ2n) is 11.1. The van der Waals surface area contributed by atoms with E-state index in [1.54, 1.807) is 12.1 Å². The van der Waals surface area contributed by atoms with Crippen molar-refractivity contribution in [2.24, 2.45) is 0 Å². The fourth-order valence-corrected chi connectivity index (χ4v) is 6.43. The minimum Gasteiger partial charge on any atom is -0.309 e. The summed E-state index contributed by atoms with van der Waals surface area (Å²) < 4.78 is 18.3. The van der Waals surface area contributed by atoms with Crippen LogP contribution in [0.25, 0.3) is 78.0 Å². The molecule has 0 fully saturated rings. The highest BCUT2D eigenvalue weighted by molar-refractivity contribution is 6.12. The highest BCUT2D eigenvalue weighted by Crippen LogP contribution is 2.36. The lowest BCUT2D eigenvalue weighted by molar-refractivity contribution is 0.628. The summed E-state index contributed by atoms with van der Waals surface area (Å²) in [5.41, 5.74) is 6.96. The van der Waals surface area contributed by atoms with Crippen LogP contribution in [0.2, 0.25) is 0 Å². The van der Waals surface area contributed by atoms with Gasteiger partial charge in [0.2, 0.25) is 5.95 Å². The molecule has 0 amide bonds. The van der Waals surface area contributed by atoms with Crippen molar-refractivity contribution in [2.45, 2.75) is 0 Å². The Bertz CT molecular complexity index is 2490. The molecule has 0 saturated carbocycles. The number of hydrogen-bond acceptors (Lipinski definition) is 3. The highest BCUT2D eigenvalue weighted by Gasteiger charge is 2.19. The van der Waals surface area contributed by atoms with Crippen molar-refractivity contribution in [3.8, 4) is 34.4 Å². The first-order valence-corrected chi connectivity index (χ1v) is 14.8. The zero-order chi connectivity index (χ0) is 29.9. The maximum absolute atomic E-state index is 13.8. The first kappa shape index (κ1) is 25.4. The van der Waals surface area contributed by atoms with E-state index in [2.05, 4.69) is 94.1 Å². The lowest BCUT2D eigenvalue weighted by Crippen LogP contribution is -2.06. The van der Waals surface area contributed by atoms with Crippen molar-refractivity contribution in [3.05, 3.63) is 151 Å². The molecular weight excluding hydrogens is 557 g/mol. The van der Waals surface area contributed by atoms with E-state index in [1.807, 2.05) is 36.4 Å². The Balaban J connectivity index is 1.32. The smallest absolute Gasteiger partial charge is 0.238 e. The van der Waals surface area contributed by atoms with E-state index in [1.165, 1.54) is 22.9 Å². The third-order valence-corrected chi connectivity index (χ3v) is 8.45. The molecule has 6 aromatic carbocycles. The van der Waals surface area contributed by atoms with Crippen molar-refractivity contribution >= 4 is 43.6 Å². The van der Waals surface area contributed by atoms with Gasteiger partial charge in [0, 0.05) is 38.4 Å². The van der Waals surface area contributed by atoms with Crippen molar-refractivity contribution in [3.63, 3.8) is 0 Å². The van der Waals surface area contributed by atoms with E-state index in [0.717, 1.165) is 44.1 Å². The standard InChI is InChI=1S/C39H24FN5/c40-27-20-18-26(19-21-27)38-41-37(25-10-2-1-3-11-25)42-39(43-38)45-35-17-9-6-14-31(35)32-24-28(22-23-36(32)45)44-33-15-7-4-12-29(33)30-13-5-8-16-34(30)44/h1-24H. The van der Waals surface area contributed by atoms with E-state index in [-0.39, 0.29) is 5.82 Å². The molecule has 0 bridgehead atoms. The Morgan fingerprint density at radius 1 is 0.400 bits per heavy atom. The molecule has 0 saturated heterocycles. The van der Waals surface area contributed by atoms with Gasteiger partial charge in [0.05, 0.1) is 22.1 Å². The molecule has 3 heterocycles. The molecule has 0 unspecified atom stereocenters. The number of aromatic nitrogens is 5. The second kappa shape index (κ2) is 9.96. The van der Waals surface area contributed by atoms with Crippen LogP contribution in [0.15, 0.2) is 146 Å². The number of benzene rings is 6. The largest absolute Gasteiger partial charge is 0.309 e. The monoisotopic (exact) mass is 581 g/mol. The zero-order valence-corrected chi connectivity index (χ0v) is 24.0. The van der Waals surface area contributed by atoms with Crippen LogP contribution < -0.4 is 0 Å². The predicted molar refractivity (Wildman–Crippen MR) is 179 cm³/mol. The number of rotatable bonds is 4. The molecule has 3 aromatic heterocycles. The van der Waals surface area contributed by atoms with E-state index in [4.69, 9.17) is 15.0 Å². The molecule has 0 aliphatic heterocycles. The molecule has 0 aliphatic rings. The van der Waals surface area contributed by atoms with Crippen LogP contribution >= 0.6 is 0 Å². The fraction of sp³-hybridized carbons (Fsp3) is 0. The maximum Gasteiger partial charge on any atom is 0.238 e. The molecule has 5 nitrogen and oxygen atoms in total. The van der Waals surface area contributed by atoms with Crippen LogP contribution in [0.5, 0.6) is 0 Å². The lowest BCUT2D eigenvalue weighted by atomic mass is 10.1. The third kappa shape index (κ3) is 4.03. The van der Waals surface area contributed by atoms with Gasteiger partial charge < -0.3 is 4.57 Å². The molecule has 0 radical (unpaired) electrons. The summed E-state index contributed by atoms with van der Waals surface area (Å²) in [5.74, 6) is 1.22. The van der Waals surface area contributed by atoms with Gasteiger partial charge in [0.15, 0.2) is 11.6 Å². The van der Waals surface area contributed by atoms with Gasteiger partial charge >= 0.3 is 0 Å². The number of fused-ring (bicyclic) bond motifs is 6. The molecule has 0 N–H and O–H groups in total. The van der Waals surface area contributed by atoms with Crippen molar-refractivity contribution in [2.75, 3.05) is 0 Å². The Morgan fingerprint density at radius 2 is 0.889 bits per heavy atom. The third-order valence-electron chi connectivity index (χ3n) is 8.45. The van der Waals surface area contributed by atoms with Crippen LogP contribution in [0, 0.1) is 5.82 Å². The molecule has 0 aliphatic carbocycles. The van der Waals surface area contributed by atoms with Crippen LogP contribution in [0.4, 0.5) is 4.39 Å². The topological polar surface area (TPSA) is 48.5 Å². The van der Waals surface area contributed by atoms with Crippen LogP contribution in [-0.2, 0) is 0 Å². The summed E-state index contributed by atoms with van der Waals surface area (Å²) in [4.78, 5) is 14.8. The molecule has 6 heteroatoms. The quantitative estimate of drug-likeness (QED) is 0.208. The normalized spacial score (nSPS) is 11.7. The average molecular weight is 582 g/mol. The number of halogens is 1. The number of nitrogens with zero attached hydrogens (tertiary/aromatic N) is 5. The maximum atomic E-state index is 13.8.